The Balaban J connectivity index is 1.63. The molecule has 0 radical (unpaired) electrons. The van der Waals surface area contributed by atoms with Gasteiger partial charge in [-0.15, -0.1) is 0 Å². The summed E-state index contributed by atoms with van der Waals surface area (Å²) in [6.45, 7) is 2.64. The van der Waals surface area contributed by atoms with Crippen LogP contribution in [0.1, 0.15) is 11.1 Å². The van der Waals surface area contributed by atoms with E-state index in [4.69, 9.17) is 21.1 Å². The molecule has 4 rings (SSSR count). The van der Waals surface area contributed by atoms with Gasteiger partial charge in [-0.2, -0.15) is 0 Å². The highest BCUT2D eigenvalue weighted by Crippen LogP contribution is 2.40. The number of fused-ring (bicyclic) bond motifs is 1. The molecule has 0 amide bonds. The van der Waals surface area contributed by atoms with E-state index in [9.17, 15) is 0 Å². The summed E-state index contributed by atoms with van der Waals surface area (Å²) in [6, 6.07) is 9.86. The van der Waals surface area contributed by atoms with Crippen molar-refractivity contribution in [3.63, 3.8) is 0 Å². The van der Waals surface area contributed by atoms with E-state index in [0.29, 0.717) is 29.5 Å². The lowest BCUT2D eigenvalue weighted by Gasteiger charge is -2.18. The lowest BCUT2D eigenvalue weighted by atomic mass is 9.95. The molecule has 0 unspecified atom stereocenters. The standard InChI is InChI=1S/C22H22ClN5O2/c1-13-17(23)10-15(8-9-24-21-19-22(26-11-25-19)28-12-27-21)20(30-3)18(13)14-4-6-16(29-2)7-5-14/h4-7,10-12H,8-9H2,1-3H3,(H2,24,25,26,27,28). The number of anilines is 1. The Labute approximate surface area is 179 Å². The van der Waals surface area contributed by atoms with Gasteiger partial charge in [0.15, 0.2) is 11.5 Å². The van der Waals surface area contributed by atoms with Crippen LogP contribution in [0.4, 0.5) is 5.82 Å². The smallest absolute Gasteiger partial charge is 0.182 e. The number of hydrogen-bond donors (Lipinski definition) is 2. The fourth-order valence-electron chi connectivity index (χ4n) is 3.52. The summed E-state index contributed by atoms with van der Waals surface area (Å²) in [7, 11) is 3.34. The van der Waals surface area contributed by atoms with Crippen LogP contribution in [0.2, 0.25) is 5.02 Å². The van der Waals surface area contributed by atoms with Crippen molar-refractivity contribution in [2.45, 2.75) is 13.3 Å². The zero-order valence-electron chi connectivity index (χ0n) is 17.0. The average molecular weight is 424 g/mol. The first-order chi connectivity index (χ1) is 14.6. The predicted molar refractivity (Wildman–Crippen MR) is 119 cm³/mol. The maximum Gasteiger partial charge on any atom is 0.182 e. The number of hydrogen-bond acceptors (Lipinski definition) is 6. The monoisotopic (exact) mass is 423 g/mol. The number of nitrogens with zero attached hydrogens (tertiary/aromatic N) is 3. The van der Waals surface area contributed by atoms with Gasteiger partial charge >= 0.3 is 0 Å². The summed E-state index contributed by atoms with van der Waals surface area (Å²) < 4.78 is 11.1. The molecule has 2 N–H and O–H groups in total. The Kier molecular flexibility index (Phi) is 5.72. The van der Waals surface area contributed by atoms with Gasteiger partial charge < -0.3 is 19.8 Å². The lowest BCUT2D eigenvalue weighted by Crippen LogP contribution is -2.09. The number of nitrogens with one attached hydrogen (secondary N) is 2. The number of benzene rings is 2. The average Bonchev–Trinajstić information content (AvgIpc) is 3.26. The summed E-state index contributed by atoms with van der Waals surface area (Å²) in [5.41, 5.74) is 5.42. The number of imidazole rings is 1. The SMILES string of the molecule is COc1ccc(-c2c(C)c(Cl)cc(CCNc3ncnc4nc[nH]c34)c2OC)cc1. The largest absolute Gasteiger partial charge is 0.497 e. The number of halogens is 1. The minimum atomic E-state index is 0.630. The van der Waals surface area contributed by atoms with Crippen molar-refractivity contribution in [3.05, 3.63) is 59.1 Å². The van der Waals surface area contributed by atoms with Crippen molar-refractivity contribution < 1.29 is 9.47 Å². The van der Waals surface area contributed by atoms with Gasteiger partial charge in [-0.25, -0.2) is 15.0 Å². The van der Waals surface area contributed by atoms with E-state index in [1.54, 1.807) is 20.5 Å². The van der Waals surface area contributed by atoms with Crippen LogP contribution < -0.4 is 14.8 Å². The number of aromatic amines is 1. The van der Waals surface area contributed by atoms with Crippen LogP contribution in [0.15, 0.2) is 43.0 Å². The van der Waals surface area contributed by atoms with Gasteiger partial charge in [0.25, 0.3) is 0 Å². The van der Waals surface area contributed by atoms with Crippen LogP contribution in [0, 0.1) is 6.92 Å². The van der Waals surface area contributed by atoms with Crippen molar-refractivity contribution in [2.24, 2.45) is 0 Å². The van der Waals surface area contributed by atoms with Crippen molar-refractivity contribution in [1.82, 2.24) is 19.9 Å². The van der Waals surface area contributed by atoms with Crippen molar-refractivity contribution in [2.75, 3.05) is 26.1 Å². The number of rotatable bonds is 7. The van der Waals surface area contributed by atoms with Gasteiger partial charge in [-0.1, -0.05) is 23.7 Å². The fourth-order valence-corrected chi connectivity index (χ4v) is 3.74. The highest BCUT2D eigenvalue weighted by molar-refractivity contribution is 6.32. The molecule has 0 atom stereocenters. The summed E-state index contributed by atoms with van der Waals surface area (Å²) in [6.07, 6.45) is 3.80. The Bertz CT molecular complexity index is 1170. The van der Waals surface area contributed by atoms with E-state index < -0.39 is 0 Å². The molecule has 8 heteroatoms. The van der Waals surface area contributed by atoms with Crippen LogP contribution >= 0.6 is 11.6 Å². The van der Waals surface area contributed by atoms with Crippen LogP contribution in [0.5, 0.6) is 11.5 Å². The third-order valence-corrected chi connectivity index (χ3v) is 5.44. The normalized spacial score (nSPS) is 10.9. The second-order valence-corrected chi connectivity index (χ2v) is 7.19. The van der Waals surface area contributed by atoms with Gasteiger partial charge in [0, 0.05) is 17.1 Å². The molecule has 2 aromatic carbocycles. The van der Waals surface area contributed by atoms with Crippen molar-refractivity contribution in [3.8, 4) is 22.6 Å². The third kappa shape index (κ3) is 3.76. The molecule has 0 fully saturated rings. The van der Waals surface area contributed by atoms with E-state index in [-0.39, 0.29) is 0 Å². The van der Waals surface area contributed by atoms with Crippen molar-refractivity contribution >= 4 is 28.6 Å². The topological polar surface area (TPSA) is 85.0 Å². The van der Waals surface area contributed by atoms with E-state index in [0.717, 1.165) is 39.3 Å². The zero-order chi connectivity index (χ0) is 21.1. The Hall–Kier alpha value is -3.32. The molecule has 4 aromatic rings. The highest BCUT2D eigenvalue weighted by Gasteiger charge is 2.17. The van der Waals surface area contributed by atoms with Gasteiger partial charge in [-0.05, 0) is 48.2 Å². The second kappa shape index (κ2) is 8.59. The molecule has 0 aliphatic heterocycles. The van der Waals surface area contributed by atoms with Gasteiger partial charge in [0.1, 0.15) is 23.3 Å². The number of aromatic nitrogens is 4. The Morgan fingerprint density at radius 2 is 1.87 bits per heavy atom. The summed E-state index contributed by atoms with van der Waals surface area (Å²) in [5, 5.41) is 4.05. The molecule has 0 bridgehead atoms. The molecule has 2 heterocycles. The molecule has 0 spiro atoms. The first kappa shape index (κ1) is 20.0. The first-order valence-corrected chi connectivity index (χ1v) is 9.88. The molecule has 30 heavy (non-hydrogen) atoms. The Morgan fingerprint density at radius 3 is 2.60 bits per heavy atom. The zero-order valence-corrected chi connectivity index (χ0v) is 17.7. The van der Waals surface area contributed by atoms with Crippen LogP contribution in [-0.4, -0.2) is 40.7 Å². The molecule has 154 valence electrons. The maximum absolute atomic E-state index is 6.58. The molecule has 0 saturated heterocycles. The summed E-state index contributed by atoms with van der Waals surface area (Å²) >= 11 is 6.58. The van der Waals surface area contributed by atoms with E-state index in [2.05, 4.69) is 25.3 Å². The van der Waals surface area contributed by atoms with Gasteiger partial charge in [0.2, 0.25) is 0 Å². The third-order valence-electron chi connectivity index (χ3n) is 5.05. The quantitative estimate of drug-likeness (QED) is 0.450. The Morgan fingerprint density at radius 1 is 1.07 bits per heavy atom. The minimum Gasteiger partial charge on any atom is -0.497 e. The van der Waals surface area contributed by atoms with Crippen LogP contribution in [0.3, 0.4) is 0 Å². The second-order valence-electron chi connectivity index (χ2n) is 6.78. The van der Waals surface area contributed by atoms with E-state index in [1.165, 1.54) is 6.33 Å². The molecular formula is C22H22ClN5O2. The fraction of sp³-hybridized carbons (Fsp3) is 0.227. The molecule has 0 aliphatic carbocycles. The van der Waals surface area contributed by atoms with Gasteiger partial charge in [-0.3, -0.25) is 0 Å². The van der Waals surface area contributed by atoms with Crippen LogP contribution in [0.25, 0.3) is 22.3 Å². The summed E-state index contributed by atoms with van der Waals surface area (Å²) in [4.78, 5) is 15.7. The van der Waals surface area contributed by atoms with Crippen molar-refractivity contribution in [1.29, 1.82) is 0 Å². The van der Waals surface area contributed by atoms with E-state index >= 15 is 0 Å². The number of H-pyrrole nitrogens is 1. The first-order valence-electron chi connectivity index (χ1n) is 9.50. The molecular weight excluding hydrogens is 402 g/mol. The summed E-state index contributed by atoms with van der Waals surface area (Å²) in [5.74, 6) is 2.33. The molecule has 0 saturated carbocycles. The number of ether oxygens (including phenoxy) is 2. The number of methoxy groups -OCH3 is 2. The van der Waals surface area contributed by atoms with Gasteiger partial charge in [0.05, 0.1) is 20.5 Å². The minimum absolute atomic E-state index is 0.630. The molecule has 0 aliphatic rings. The molecule has 2 aromatic heterocycles. The maximum atomic E-state index is 6.58. The molecule has 7 nitrogen and oxygen atoms in total. The van der Waals surface area contributed by atoms with E-state index in [1.807, 2.05) is 37.3 Å². The highest BCUT2D eigenvalue weighted by atomic mass is 35.5. The predicted octanol–water partition coefficient (Wildman–Crippen LogP) is 4.65. The van der Waals surface area contributed by atoms with Crippen LogP contribution in [-0.2, 0) is 6.42 Å². The lowest BCUT2D eigenvalue weighted by molar-refractivity contribution is 0.411.